The van der Waals surface area contributed by atoms with Crippen molar-refractivity contribution in [1.82, 2.24) is 42.5 Å². The molecule has 8 bridgehead atoms. The molecule has 0 spiro atoms. The van der Waals surface area contributed by atoms with Crippen molar-refractivity contribution in [3.8, 4) is 0 Å². The second kappa shape index (κ2) is 13.5. The predicted octanol–water partition coefficient (Wildman–Crippen LogP) is 3.47. The molecule has 5 saturated heterocycles. The van der Waals surface area contributed by atoms with Crippen LogP contribution in [0.1, 0.15) is 77.0 Å². The molecular formula is C32H52Cl4N8Ni. The van der Waals surface area contributed by atoms with E-state index in [0.29, 0.717) is 60.2 Å². The molecule has 0 aromatic heterocycles. The number of halogens is 4. The van der Waals surface area contributed by atoms with Crippen molar-refractivity contribution in [2.75, 3.05) is 0 Å². The van der Waals surface area contributed by atoms with E-state index in [4.69, 9.17) is 46.4 Å². The number of nitrogens with one attached hydrogen (secondary N) is 8. The Hall–Kier alpha value is 1.33. The fourth-order valence-electron chi connectivity index (χ4n) is 11.9. The van der Waals surface area contributed by atoms with E-state index >= 15 is 0 Å². The molecule has 13 heteroatoms. The SMILES string of the molecule is ClC1C(Cl)C(Cl)C2C3NC4NC(NC5NC(NC6NC(NC(N3)C2C1Cl)C1CCCCC61)C1CCCCC51)C1CCCCC41.[Ni]. The van der Waals surface area contributed by atoms with Crippen molar-refractivity contribution < 1.29 is 16.5 Å². The fourth-order valence-corrected chi connectivity index (χ4v) is 13.7. The summed E-state index contributed by atoms with van der Waals surface area (Å²) in [6.07, 6.45) is 17.3. The van der Waals surface area contributed by atoms with Crippen molar-refractivity contribution in [3.63, 3.8) is 0 Å². The van der Waals surface area contributed by atoms with E-state index in [1.165, 1.54) is 77.0 Å². The van der Waals surface area contributed by atoms with Crippen LogP contribution in [0.4, 0.5) is 0 Å². The molecule has 258 valence electrons. The van der Waals surface area contributed by atoms with Crippen LogP contribution in [0.15, 0.2) is 0 Å². The third-order valence-corrected chi connectivity index (χ3v) is 16.5. The molecule has 0 aromatic carbocycles. The smallest absolute Gasteiger partial charge is 0.0681 e. The summed E-state index contributed by atoms with van der Waals surface area (Å²) in [5.74, 6) is 3.88. The summed E-state index contributed by atoms with van der Waals surface area (Å²) in [6, 6.07) is 0. The first-order chi connectivity index (χ1) is 21.5. The molecule has 20 atom stereocenters. The standard InChI is InChI=1S/C32H52Cl4N8.Ni/c33-21-19-20(22(34)24(36)23(21)35)32-43-30-18-12-6-4-10-16(18)28(41-30)39-26-14-8-2-1-7-13(14)25(37-26)38-27-15-9-3-5-11-17(15)29(40-27)42-31(19)44-32;/h13-32,37-44H,1-12H2;. The van der Waals surface area contributed by atoms with Crippen LogP contribution in [0.5, 0.6) is 0 Å². The average Bonchev–Trinajstić information content (AvgIpc) is 3.78. The number of hydrogen-bond acceptors (Lipinski definition) is 8. The van der Waals surface area contributed by atoms with Crippen LogP contribution in [0.3, 0.4) is 0 Å². The van der Waals surface area contributed by atoms with Gasteiger partial charge in [-0.1, -0.05) is 38.5 Å². The van der Waals surface area contributed by atoms with Crippen LogP contribution in [-0.4, -0.2) is 70.8 Å². The normalized spacial score (nSPS) is 58.9. The zero-order valence-electron chi connectivity index (χ0n) is 25.9. The molecular weight excluding hydrogens is 697 g/mol. The Morgan fingerprint density at radius 1 is 0.289 bits per heavy atom. The van der Waals surface area contributed by atoms with Gasteiger partial charge in [-0.2, -0.15) is 0 Å². The van der Waals surface area contributed by atoms with Gasteiger partial charge in [-0.25, -0.2) is 0 Å². The molecule has 45 heavy (non-hydrogen) atoms. The first kappa shape index (κ1) is 33.5. The van der Waals surface area contributed by atoms with E-state index in [1.807, 2.05) is 0 Å². The molecule has 5 aliphatic heterocycles. The van der Waals surface area contributed by atoms with Gasteiger partial charge >= 0.3 is 0 Å². The minimum absolute atomic E-state index is 0. The van der Waals surface area contributed by atoms with E-state index < -0.39 is 0 Å². The summed E-state index contributed by atoms with van der Waals surface area (Å²) < 4.78 is 0. The summed E-state index contributed by atoms with van der Waals surface area (Å²) in [7, 11) is 0. The molecule has 20 unspecified atom stereocenters. The van der Waals surface area contributed by atoms with Gasteiger partial charge < -0.3 is 0 Å². The molecule has 8 nitrogen and oxygen atoms in total. The molecule has 0 radical (unpaired) electrons. The van der Waals surface area contributed by atoms with Gasteiger partial charge in [-0.3, -0.25) is 42.5 Å². The van der Waals surface area contributed by atoms with Crippen LogP contribution < -0.4 is 42.5 Å². The zero-order valence-corrected chi connectivity index (χ0v) is 29.9. The quantitative estimate of drug-likeness (QED) is 0.141. The van der Waals surface area contributed by atoms with Gasteiger partial charge in [0.15, 0.2) is 0 Å². The summed E-state index contributed by atoms with van der Waals surface area (Å²) >= 11 is 28.3. The first-order valence-electron chi connectivity index (χ1n) is 18.1. The van der Waals surface area contributed by atoms with Crippen LogP contribution in [-0.2, 0) is 16.5 Å². The second-order valence-corrected chi connectivity index (χ2v) is 17.9. The number of rotatable bonds is 0. The third kappa shape index (κ3) is 5.69. The van der Waals surface area contributed by atoms with Gasteiger partial charge in [0.25, 0.3) is 0 Å². The van der Waals surface area contributed by atoms with Crippen LogP contribution in [0.25, 0.3) is 0 Å². The average molecular weight is 749 g/mol. The number of fused-ring (bicyclic) bond motifs is 20. The maximum atomic E-state index is 7.23. The maximum absolute atomic E-state index is 7.23. The Kier molecular flexibility index (Phi) is 10.0. The van der Waals surface area contributed by atoms with Crippen LogP contribution >= 0.6 is 46.4 Å². The van der Waals surface area contributed by atoms with E-state index in [9.17, 15) is 0 Å². The van der Waals surface area contributed by atoms with E-state index in [-0.39, 0.29) is 74.5 Å². The van der Waals surface area contributed by atoms with Crippen molar-refractivity contribution in [2.24, 2.45) is 47.3 Å². The maximum Gasteiger partial charge on any atom is 0.0681 e. The van der Waals surface area contributed by atoms with E-state index in [1.54, 1.807) is 0 Å². The molecule has 4 saturated carbocycles. The van der Waals surface area contributed by atoms with Gasteiger partial charge in [0.2, 0.25) is 0 Å². The van der Waals surface area contributed by atoms with Crippen molar-refractivity contribution in [2.45, 2.75) is 148 Å². The van der Waals surface area contributed by atoms with Crippen molar-refractivity contribution in [1.29, 1.82) is 0 Å². The predicted molar refractivity (Wildman–Crippen MR) is 177 cm³/mol. The Balaban J connectivity index is 0.00000300. The Morgan fingerprint density at radius 3 is 0.733 bits per heavy atom. The molecule has 4 aliphatic carbocycles. The van der Waals surface area contributed by atoms with E-state index in [2.05, 4.69) is 42.5 Å². The van der Waals surface area contributed by atoms with Gasteiger partial charge in [-0.05, 0) is 74.0 Å². The molecule has 9 rings (SSSR count). The van der Waals surface area contributed by atoms with Crippen molar-refractivity contribution >= 4 is 46.4 Å². The molecule has 0 aromatic rings. The first-order valence-corrected chi connectivity index (χ1v) is 19.9. The minimum atomic E-state index is -0.375. The monoisotopic (exact) mass is 746 g/mol. The van der Waals surface area contributed by atoms with Gasteiger partial charge in [0.1, 0.15) is 0 Å². The number of alkyl halides is 4. The van der Waals surface area contributed by atoms with Gasteiger partial charge in [0.05, 0.1) is 70.8 Å². The summed E-state index contributed by atoms with van der Waals surface area (Å²) in [5, 5.41) is 31.7. The Bertz CT molecular complexity index is 989. The van der Waals surface area contributed by atoms with Crippen LogP contribution in [0, 0.1) is 47.3 Å². The molecule has 5 heterocycles. The second-order valence-electron chi connectivity index (χ2n) is 15.9. The zero-order chi connectivity index (χ0) is 29.7. The largest absolute Gasteiger partial charge is 0.286 e. The number of hydrogen-bond donors (Lipinski definition) is 8. The third-order valence-electron chi connectivity index (χ3n) is 13.9. The Morgan fingerprint density at radius 2 is 0.489 bits per heavy atom. The minimum Gasteiger partial charge on any atom is -0.286 e. The van der Waals surface area contributed by atoms with Gasteiger partial charge in [0, 0.05) is 28.3 Å². The molecule has 9 fully saturated rings. The molecule has 0 amide bonds. The topological polar surface area (TPSA) is 96.2 Å². The van der Waals surface area contributed by atoms with Crippen LogP contribution in [0.2, 0.25) is 0 Å². The summed E-state index contributed by atoms with van der Waals surface area (Å²) in [5.41, 5.74) is 0. The molecule has 8 N–H and O–H groups in total. The summed E-state index contributed by atoms with van der Waals surface area (Å²) in [6.45, 7) is 0. The summed E-state index contributed by atoms with van der Waals surface area (Å²) in [4.78, 5) is 0. The fraction of sp³-hybridized carbons (Fsp3) is 1.00. The Labute approximate surface area is 299 Å². The van der Waals surface area contributed by atoms with Crippen molar-refractivity contribution in [3.05, 3.63) is 0 Å². The van der Waals surface area contributed by atoms with Gasteiger partial charge in [-0.15, -0.1) is 46.4 Å². The molecule has 9 aliphatic rings. The van der Waals surface area contributed by atoms with E-state index in [0.717, 1.165) is 0 Å².